The lowest BCUT2D eigenvalue weighted by Crippen LogP contribution is -2.01. The Bertz CT molecular complexity index is 1130. The highest BCUT2D eigenvalue weighted by Gasteiger charge is 2.18. The van der Waals surface area contributed by atoms with Crippen molar-refractivity contribution in [3.63, 3.8) is 0 Å². The summed E-state index contributed by atoms with van der Waals surface area (Å²) >= 11 is 0. The van der Waals surface area contributed by atoms with E-state index in [2.05, 4.69) is 29.7 Å². The molecule has 0 fully saturated rings. The van der Waals surface area contributed by atoms with Crippen LogP contribution in [-0.2, 0) is 13.6 Å². The zero-order valence-corrected chi connectivity index (χ0v) is 14.4. The number of aryl methyl sites for hydroxylation is 3. The van der Waals surface area contributed by atoms with Gasteiger partial charge in [0.2, 0.25) is 0 Å². The minimum Gasteiger partial charge on any atom is -0.478 e. The maximum absolute atomic E-state index is 11.4. The lowest BCUT2D eigenvalue weighted by Gasteiger charge is -2.08. The Morgan fingerprint density at radius 1 is 1.16 bits per heavy atom. The highest BCUT2D eigenvalue weighted by Crippen LogP contribution is 2.30. The van der Waals surface area contributed by atoms with E-state index in [0.29, 0.717) is 11.1 Å². The van der Waals surface area contributed by atoms with Crippen molar-refractivity contribution in [1.82, 2.24) is 14.1 Å². The first kappa shape index (κ1) is 15.4. The number of aromatic carboxylic acids is 1. The van der Waals surface area contributed by atoms with Gasteiger partial charge in [-0.3, -0.25) is 0 Å². The van der Waals surface area contributed by atoms with Gasteiger partial charge in [0.15, 0.2) is 5.82 Å². The highest BCUT2D eigenvalue weighted by atomic mass is 16.4. The summed E-state index contributed by atoms with van der Waals surface area (Å²) in [5.41, 5.74) is 4.89. The van der Waals surface area contributed by atoms with Crippen LogP contribution in [0.4, 0.5) is 0 Å². The normalized spacial score (nSPS) is 11.5. The fraction of sp³-hybridized carbons (Fsp3) is 0.200. The maximum Gasteiger partial charge on any atom is 0.336 e. The number of aromatic nitrogens is 3. The molecule has 2 heterocycles. The van der Waals surface area contributed by atoms with Gasteiger partial charge in [0.1, 0.15) is 0 Å². The summed E-state index contributed by atoms with van der Waals surface area (Å²) in [5, 5.41) is 10.5. The minimum absolute atomic E-state index is 0.299. The second-order valence-electron chi connectivity index (χ2n) is 6.29. The molecule has 4 rings (SSSR count). The van der Waals surface area contributed by atoms with E-state index >= 15 is 0 Å². The molecule has 25 heavy (non-hydrogen) atoms. The molecule has 0 spiro atoms. The molecule has 126 valence electrons. The Hall–Kier alpha value is -3.08. The van der Waals surface area contributed by atoms with Gasteiger partial charge in [-0.15, -0.1) is 0 Å². The molecule has 0 radical (unpaired) electrons. The second kappa shape index (κ2) is 5.48. The number of benzene rings is 2. The highest BCUT2D eigenvalue weighted by molar-refractivity contribution is 5.95. The third kappa shape index (κ3) is 2.23. The molecule has 0 atom stereocenters. The van der Waals surface area contributed by atoms with E-state index < -0.39 is 5.97 Å². The summed E-state index contributed by atoms with van der Waals surface area (Å²) in [6.45, 7) is 4.77. The summed E-state index contributed by atoms with van der Waals surface area (Å²) in [6.07, 6.45) is 0. The van der Waals surface area contributed by atoms with Crippen LogP contribution in [0.15, 0.2) is 42.5 Å². The van der Waals surface area contributed by atoms with Gasteiger partial charge in [0, 0.05) is 24.5 Å². The summed E-state index contributed by atoms with van der Waals surface area (Å²) in [6, 6.07) is 14.0. The topological polar surface area (TPSA) is 60.1 Å². The predicted octanol–water partition coefficient (Wildman–Crippen LogP) is 4.22. The number of hydrogen-bond acceptors (Lipinski definition) is 2. The molecule has 0 saturated heterocycles. The van der Waals surface area contributed by atoms with E-state index in [1.807, 2.05) is 36.7 Å². The van der Waals surface area contributed by atoms with Crippen molar-refractivity contribution in [3.8, 4) is 11.5 Å². The molecule has 1 N–H and O–H groups in total. The maximum atomic E-state index is 11.4. The van der Waals surface area contributed by atoms with Crippen molar-refractivity contribution < 1.29 is 9.90 Å². The van der Waals surface area contributed by atoms with Crippen LogP contribution in [0.3, 0.4) is 0 Å². The van der Waals surface area contributed by atoms with Crippen LogP contribution in [-0.4, -0.2) is 25.2 Å². The first-order valence-corrected chi connectivity index (χ1v) is 8.30. The predicted molar refractivity (Wildman–Crippen MR) is 99.0 cm³/mol. The first-order valence-electron chi connectivity index (χ1n) is 8.30. The Morgan fingerprint density at radius 2 is 1.92 bits per heavy atom. The van der Waals surface area contributed by atoms with Gasteiger partial charge in [-0.25, -0.2) is 9.78 Å². The molecular formula is C20H19N3O2. The van der Waals surface area contributed by atoms with E-state index in [-0.39, 0.29) is 0 Å². The summed E-state index contributed by atoms with van der Waals surface area (Å²) in [7, 11) is 1.97. The third-order valence-corrected chi connectivity index (χ3v) is 4.81. The van der Waals surface area contributed by atoms with Crippen LogP contribution in [0.2, 0.25) is 0 Å². The molecule has 2 aromatic heterocycles. The van der Waals surface area contributed by atoms with Gasteiger partial charge >= 0.3 is 5.97 Å². The van der Waals surface area contributed by atoms with Crippen LogP contribution in [0.5, 0.6) is 0 Å². The Balaban J connectivity index is 2.02. The Kier molecular flexibility index (Phi) is 3.39. The van der Waals surface area contributed by atoms with Gasteiger partial charge in [-0.05, 0) is 43.7 Å². The SMILES string of the molecule is CCn1c(-c2nc3cc(C(=O)O)c(C)cc3n2C)cc2ccccc21. The van der Waals surface area contributed by atoms with E-state index in [0.717, 1.165) is 29.1 Å². The number of nitrogens with zero attached hydrogens (tertiary/aromatic N) is 3. The number of hydrogen-bond donors (Lipinski definition) is 1. The summed E-state index contributed by atoms with van der Waals surface area (Å²) in [5.74, 6) is -0.0794. The second-order valence-corrected chi connectivity index (χ2v) is 6.29. The van der Waals surface area contributed by atoms with Crippen LogP contribution in [0.25, 0.3) is 33.5 Å². The van der Waals surface area contributed by atoms with Crippen molar-refractivity contribution in [2.45, 2.75) is 20.4 Å². The first-order chi connectivity index (χ1) is 12.0. The average Bonchev–Trinajstić information content (AvgIpc) is 3.11. The average molecular weight is 333 g/mol. The van der Waals surface area contributed by atoms with Crippen LogP contribution >= 0.6 is 0 Å². The molecule has 0 aliphatic heterocycles. The van der Waals surface area contributed by atoms with Gasteiger partial charge in [-0.1, -0.05) is 18.2 Å². The van der Waals surface area contributed by atoms with Crippen LogP contribution in [0.1, 0.15) is 22.8 Å². The van der Waals surface area contributed by atoms with Crippen LogP contribution in [0, 0.1) is 6.92 Å². The van der Waals surface area contributed by atoms with E-state index in [1.165, 1.54) is 10.9 Å². The van der Waals surface area contributed by atoms with E-state index in [9.17, 15) is 9.90 Å². The molecule has 0 aliphatic rings. The molecule has 4 aromatic rings. The number of imidazole rings is 1. The molecule has 0 aliphatic carbocycles. The van der Waals surface area contributed by atoms with Crippen molar-refractivity contribution in [1.29, 1.82) is 0 Å². The molecule has 0 amide bonds. The quantitative estimate of drug-likeness (QED) is 0.610. The van der Waals surface area contributed by atoms with Crippen molar-refractivity contribution in [3.05, 3.63) is 53.6 Å². The van der Waals surface area contributed by atoms with E-state index in [1.54, 1.807) is 6.07 Å². The lowest BCUT2D eigenvalue weighted by molar-refractivity contribution is 0.0696. The Morgan fingerprint density at radius 3 is 2.64 bits per heavy atom. The van der Waals surface area contributed by atoms with E-state index in [4.69, 9.17) is 4.98 Å². The van der Waals surface area contributed by atoms with Gasteiger partial charge in [0.05, 0.1) is 22.3 Å². The van der Waals surface area contributed by atoms with Gasteiger partial charge < -0.3 is 14.2 Å². The third-order valence-electron chi connectivity index (χ3n) is 4.81. The molecular weight excluding hydrogens is 314 g/mol. The van der Waals surface area contributed by atoms with Crippen molar-refractivity contribution in [2.75, 3.05) is 0 Å². The standard InChI is InChI=1S/C20H19N3O2/c1-4-23-16-8-6-5-7-13(16)10-18(23)19-21-15-11-14(20(24)25)12(2)9-17(15)22(19)3/h5-11H,4H2,1-3H3,(H,24,25). The smallest absolute Gasteiger partial charge is 0.336 e. The molecule has 5 heteroatoms. The van der Waals surface area contributed by atoms with Crippen LogP contribution < -0.4 is 0 Å². The zero-order valence-electron chi connectivity index (χ0n) is 14.4. The number of carbonyl (C=O) groups is 1. The summed E-state index contributed by atoms with van der Waals surface area (Å²) in [4.78, 5) is 16.2. The number of rotatable bonds is 3. The van der Waals surface area contributed by atoms with Gasteiger partial charge in [-0.2, -0.15) is 0 Å². The fourth-order valence-electron chi connectivity index (χ4n) is 3.54. The molecule has 0 saturated carbocycles. The number of carboxylic acids is 1. The molecule has 0 bridgehead atoms. The van der Waals surface area contributed by atoms with Crippen molar-refractivity contribution in [2.24, 2.45) is 7.05 Å². The van der Waals surface area contributed by atoms with Gasteiger partial charge in [0.25, 0.3) is 0 Å². The Labute approximate surface area is 145 Å². The minimum atomic E-state index is -0.922. The monoisotopic (exact) mass is 333 g/mol. The molecule has 5 nitrogen and oxygen atoms in total. The van der Waals surface area contributed by atoms with Crippen molar-refractivity contribution >= 4 is 27.9 Å². The largest absolute Gasteiger partial charge is 0.478 e. The number of para-hydroxylation sites is 1. The number of fused-ring (bicyclic) bond motifs is 2. The zero-order chi connectivity index (χ0) is 17.7. The fourth-order valence-corrected chi connectivity index (χ4v) is 3.54. The summed E-state index contributed by atoms with van der Waals surface area (Å²) < 4.78 is 4.27. The number of carboxylic acid groups (broad SMARTS) is 1. The molecule has 2 aromatic carbocycles. The molecule has 0 unspecified atom stereocenters. The lowest BCUT2D eigenvalue weighted by atomic mass is 10.1.